The molecule has 0 bridgehead atoms. The Balaban J connectivity index is 1.53. The molecule has 0 saturated carbocycles. The SMILES string of the molecule is CCOCc1ccc(CNC(=O)c2cccc(NC(=O)C3CCCO3)c2)cc1. The summed E-state index contributed by atoms with van der Waals surface area (Å²) >= 11 is 0. The molecule has 2 aromatic rings. The molecular weight excluding hydrogens is 356 g/mol. The Bertz CT molecular complexity index is 798. The van der Waals surface area contributed by atoms with Gasteiger partial charge in [-0.2, -0.15) is 0 Å². The number of nitrogens with one attached hydrogen (secondary N) is 2. The number of hydrogen-bond donors (Lipinski definition) is 2. The Morgan fingerprint density at radius 1 is 1.14 bits per heavy atom. The van der Waals surface area contributed by atoms with Gasteiger partial charge in [0.1, 0.15) is 6.10 Å². The first-order valence-corrected chi connectivity index (χ1v) is 9.62. The predicted octanol–water partition coefficient (Wildman–Crippen LogP) is 3.27. The van der Waals surface area contributed by atoms with Crippen LogP contribution in [0.15, 0.2) is 48.5 Å². The molecule has 0 aliphatic carbocycles. The quantitative estimate of drug-likeness (QED) is 0.735. The van der Waals surface area contributed by atoms with E-state index >= 15 is 0 Å². The van der Waals surface area contributed by atoms with E-state index in [9.17, 15) is 9.59 Å². The second-order valence-corrected chi connectivity index (χ2v) is 6.71. The Labute approximate surface area is 165 Å². The first-order valence-electron chi connectivity index (χ1n) is 9.62. The third-order valence-corrected chi connectivity index (χ3v) is 4.56. The van der Waals surface area contributed by atoms with Crippen LogP contribution in [0.4, 0.5) is 5.69 Å². The highest BCUT2D eigenvalue weighted by Gasteiger charge is 2.23. The monoisotopic (exact) mass is 382 g/mol. The molecule has 0 radical (unpaired) electrons. The molecule has 2 N–H and O–H groups in total. The minimum atomic E-state index is -0.400. The molecule has 2 amide bonds. The molecule has 0 spiro atoms. The van der Waals surface area contributed by atoms with Crippen LogP contribution >= 0.6 is 0 Å². The van der Waals surface area contributed by atoms with Crippen molar-refractivity contribution in [2.45, 2.75) is 39.0 Å². The summed E-state index contributed by atoms with van der Waals surface area (Å²) in [5.74, 6) is -0.353. The molecule has 1 unspecified atom stereocenters. The highest BCUT2D eigenvalue weighted by atomic mass is 16.5. The number of carbonyl (C=O) groups is 2. The third kappa shape index (κ3) is 5.65. The minimum Gasteiger partial charge on any atom is -0.377 e. The number of amides is 2. The largest absolute Gasteiger partial charge is 0.377 e. The zero-order valence-corrected chi connectivity index (χ0v) is 16.1. The topological polar surface area (TPSA) is 76.7 Å². The molecular formula is C22H26N2O4. The fourth-order valence-corrected chi connectivity index (χ4v) is 3.00. The third-order valence-electron chi connectivity index (χ3n) is 4.56. The van der Waals surface area contributed by atoms with E-state index in [1.807, 2.05) is 31.2 Å². The standard InChI is InChI=1S/C22H26N2O4/c1-2-27-15-17-10-8-16(9-11-17)14-23-21(25)18-5-3-6-19(13-18)24-22(26)20-7-4-12-28-20/h3,5-6,8-11,13,20H,2,4,7,12,14-15H2,1H3,(H,23,25)(H,24,26). The van der Waals surface area contributed by atoms with Crippen LogP contribution in [-0.2, 0) is 27.4 Å². The maximum Gasteiger partial charge on any atom is 0.253 e. The number of hydrogen-bond acceptors (Lipinski definition) is 4. The average Bonchev–Trinajstić information content (AvgIpc) is 3.26. The molecule has 0 aromatic heterocycles. The van der Waals surface area contributed by atoms with Gasteiger partial charge in [0.05, 0.1) is 6.61 Å². The Morgan fingerprint density at radius 2 is 1.93 bits per heavy atom. The second-order valence-electron chi connectivity index (χ2n) is 6.71. The lowest BCUT2D eigenvalue weighted by Gasteiger charge is -2.11. The summed E-state index contributed by atoms with van der Waals surface area (Å²) in [6.07, 6.45) is 1.23. The predicted molar refractivity (Wildman–Crippen MR) is 107 cm³/mol. The summed E-state index contributed by atoms with van der Waals surface area (Å²) in [5, 5.41) is 5.73. The average molecular weight is 382 g/mol. The van der Waals surface area contributed by atoms with Crippen molar-refractivity contribution < 1.29 is 19.1 Å². The van der Waals surface area contributed by atoms with E-state index in [2.05, 4.69) is 10.6 Å². The van der Waals surface area contributed by atoms with Gasteiger partial charge in [-0.15, -0.1) is 0 Å². The molecule has 1 atom stereocenters. The van der Waals surface area contributed by atoms with E-state index in [4.69, 9.17) is 9.47 Å². The number of ether oxygens (including phenoxy) is 2. The van der Waals surface area contributed by atoms with Crippen LogP contribution in [0.1, 0.15) is 41.3 Å². The first-order chi connectivity index (χ1) is 13.7. The summed E-state index contributed by atoms with van der Waals surface area (Å²) in [6, 6.07) is 14.9. The van der Waals surface area contributed by atoms with Crippen molar-refractivity contribution in [2.75, 3.05) is 18.5 Å². The summed E-state index contributed by atoms with van der Waals surface area (Å²) in [6.45, 7) is 4.29. The summed E-state index contributed by atoms with van der Waals surface area (Å²) in [4.78, 5) is 24.6. The van der Waals surface area contributed by atoms with Crippen LogP contribution in [0.3, 0.4) is 0 Å². The molecule has 1 aliphatic rings. The van der Waals surface area contributed by atoms with E-state index in [0.29, 0.717) is 37.6 Å². The Morgan fingerprint density at radius 3 is 2.64 bits per heavy atom. The fraction of sp³-hybridized carbons (Fsp3) is 0.364. The normalized spacial score (nSPS) is 16.0. The maximum absolute atomic E-state index is 12.5. The van der Waals surface area contributed by atoms with Gasteiger partial charge in [-0.1, -0.05) is 30.3 Å². The summed E-state index contributed by atoms with van der Waals surface area (Å²) in [5.41, 5.74) is 3.20. The number of benzene rings is 2. The van der Waals surface area contributed by atoms with E-state index in [0.717, 1.165) is 24.0 Å². The Hall–Kier alpha value is -2.70. The molecule has 28 heavy (non-hydrogen) atoms. The minimum absolute atomic E-state index is 0.165. The van der Waals surface area contributed by atoms with Gasteiger partial charge in [0, 0.05) is 31.0 Å². The van der Waals surface area contributed by atoms with Gasteiger partial charge in [-0.25, -0.2) is 0 Å². The molecule has 148 valence electrons. The lowest BCUT2D eigenvalue weighted by atomic mass is 10.1. The van der Waals surface area contributed by atoms with Gasteiger partial charge in [0.15, 0.2) is 0 Å². The van der Waals surface area contributed by atoms with E-state index < -0.39 is 6.10 Å². The first kappa shape index (κ1) is 20.0. The van der Waals surface area contributed by atoms with Gasteiger partial charge in [-0.05, 0) is 49.1 Å². The Kier molecular flexibility index (Phi) is 7.17. The fourth-order valence-electron chi connectivity index (χ4n) is 3.00. The van der Waals surface area contributed by atoms with Crippen molar-refractivity contribution in [1.82, 2.24) is 5.32 Å². The molecule has 2 aromatic carbocycles. The van der Waals surface area contributed by atoms with Gasteiger partial charge < -0.3 is 20.1 Å². The number of rotatable bonds is 8. The van der Waals surface area contributed by atoms with Crippen LogP contribution in [0.25, 0.3) is 0 Å². The highest BCUT2D eigenvalue weighted by molar-refractivity contribution is 5.98. The van der Waals surface area contributed by atoms with E-state index in [-0.39, 0.29) is 11.8 Å². The van der Waals surface area contributed by atoms with Crippen molar-refractivity contribution in [3.63, 3.8) is 0 Å². The molecule has 6 heteroatoms. The summed E-state index contributed by atoms with van der Waals surface area (Å²) in [7, 11) is 0. The van der Waals surface area contributed by atoms with E-state index in [1.165, 1.54) is 0 Å². The van der Waals surface area contributed by atoms with E-state index in [1.54, 1.807) is 24.3 Å². The van der Waals surface area contributed by atoms with Crippen LogP contribution < -0.4 is 10.6 Å². The lowest BCUT2D eigenvalue weighted by Crippen LogP contribution is -2.27. The molecule has 6 nitrogen and oxygen atoms in total. The molecule has 1 aliphatic heterocycles. The van der Waals surface area contributed by atoms with Crippen molar-refractivity contribution in [1.29, 1.82) is 0 Å². The number of anilines is 1. The van der Waals surface area contributed by atoms with Gasteiger partial charge >= 0.3 is 0 Å². The zero-order valence-electron chi connectivity index (χ0n) is 16.1. The number of carbonyl (C=O) groups excluding carboxylic acids is 2. The molecule has 3 rings (SSSR count). The highest BCUT2D eigenvalue weighted by Crippen LogP contribution is 2.16. The molecule has 1 heterocycles. The zero-order chi connectivity index (χ0) is 19.8. The van der Waals surface area contributed by atoms with Gasteiger partial charge in [0.2, 0.25) is 0 Å². The summed E-state index contributed by atoms with van der Waals surface area (Å²) < 4.78 is 10.8. The van der Waals surface area contributed by atoms with Crippen LogP contribution in [0, 0.1) is 0 Å². The molecule has 1 saturated heterocycles. The second kappa shape index (κ2) is 10.0. The van der Waals surface area contributed by atoms with Crippen molar-refractivity contribution >= 4 is 17.5 Å². The molecule has 1 fully saturated rings. The van der Waals surface area contributed by atoms with Crippen molar-refractivity contribution in [3.8, 4) is 0 Å². The van der Waals surface area contributed by atoms with Gasteiger partial charge in [-0.3, -0.25) is 9.59 Å². The van der Waals surface area contributed by atoms with Crippen molar-refractivity contribution in [2.24, 2.45) is 0 Å². The van der Waals surface area contributed by atoms with Crippen LogP contribution in [0.5, 0.6) is 0 Å². The van der Waals surface area contributed by atoms with Crippen LogP contribution in [-0.4, -0.2) is 31.1 Å². The smallest absolute Gasteiger partial charge is 0.253 e. The van der Waals surface area contributed by atoms with Crippen molar-refractivity contribution in [3.05, 3.63) is 65.2 Å². The van der Waals surface area contributed by atoms with Crippen LogP contribution in [0.2, 0.25) is 0 Å². The van der Waals surface area contributed by atoms with Gasteiger partial charge in [0.25, 0.3) is 11.8 Å². The maximum atomic E-state index is 12.5. The lowest BCUT2D eigenvalue weighted by molar-refractivity contribution is -0.124.